The van der Waals surface area contributed by atoms with E-state index in [0.717, 1.165) is 12.1 Å². The predicted molar refractivity (Wildman–Crippen MR) is 87.0 cm³/mol. The lowest BCUT2D eigenvalue weighted by Gasteiger charge is -2.31. The van der Waals surface area contributed by atoms with E-state index in [1.165, 1.54) is 37.7 Å². The first-order valence-electron chi connectivity index (χ1n) is 8.19. The van der Waals surface area contributed by atoms with E-state index >= 15 is 0 Å². The molecule has 1 aromatic heterocycles. The van der Waals surface area contributed by atoms with Crippen molar-refractivity contribution in [3.8, 4) is 0 Å². The van der Waals surface area contributed by atoms with E-state index in [9.17, 15) is 14.4 Å². The molecular formula is C16H21N3O4S. The molecular weight excluding hydrogens is 330 g/mol. The monoisotopic (exact) mass is 351 g/mol. The van der Waals surface area contributed by atoms with Crippen molar-refractivity contribution >= 4 is 29.1 Å². The van der Waals surface area contributed by atoms with Crippen molar-refractivity contribution in [3.63, 3.8) is 0 Å². The number of ether oxygens (including phenoxy) is 1. The summed E-state index contributed by atoms with van der Waals surface area (Å²) in [6.45, 7) is 0. The van der Waals surface area contributed by atoms with Crippen molar-refractivity contribution in [2.24, 2.45) is 17.8 Å². The Labute approximate surface area is 144 Å². The normalized spacial score (nSPS) is 22.9. The molecule has 2 saturated carbocycles. The molecule has 8 heteroatoms. The average Bonchev–Trinajstić information content (AvgIpc) is 2.95. The SMILES string of the molecule is COC(=O)C1CC(C(=O)NNC(=O)c2nc(CC3CCC3)cs2)C1. The lowest BCUT2D eigenvalue weighted by atomic mass is 9.74. The summed E-state index contributed by atoms with van der Waals surface area (Å²) < 4.78 is 4.63. The summed E-state index contributed by atoms with van der Waals surface area (Å²) in [4.78, 5) is 39.6. The van der Waals surface area contributed by atoms with Crippen LogP contribution in [0.5, 0.6) is 0 Å². The van der Waals surface area contributed by atoms with Gasteiger partial charge in [0.1, 0.15) is 0 Å². The minimum Gasteiger partial charge on any atom is -0.469 e. The molecule has 3 rings (SSSR count). The molecule has 0 radical (unpaired) electrons. The summed E-state index contributed by atoms with van der Waals surface area (Å²) in [5.41, 5.74) is 5.75. The molecule has 24 heavy (non-hydrogen) atoms. The zero-order chi connectivity index (χ0) is 17.1. The number of hydrogen-bond donors (Lipinski definition) is 2. The van der Waals surface area contributed by atoms with Gasteiger partial charge in [0.05, 0.1) is 18.7 Å². The van der Waals surface area contributed by atoms with Crippen LogP contribution < -0.4 is 10.9 Å². The van der Waals surface area contributed by atoms with Crippen LogP contribution in [-0.4, -0.2) is 29.9 Å². The van der Waals surface area contributed by atoms with E-state index < -0.39 is 5.91 Å². The van der Waals surface area contributed by atoms with Crippen LogP contribution in [0.2, 0.25) is 0 Å². The number of carbonyl (C=O) groups excluding carboxylic acids is 3. The number of carbonyl (C=O) groups is 3. The third-order valence-electron chi connectivity index (χ3n) is 4.81. The highest BCUT2D eigenvalue weighted by atomic mass is 32.1. The second-order valence-corrected chi connectivity index (χ2v) is 7.33. The minimum absolute atomic E-state index is 0.213. The first kappa shape index (κ1) is 16.9. The number of aromatic nitrogens is 1. The van der Waals surface area contributed by atoms with Gasteiger partial charge in [-0.25, -0.2) is 4.98 Å². The Morgan fingerprint density at radius 3 is 2.62 bits per heavy atom. The third-order valence-corrected chi connectivity index (χ3v) is 5.70. The Bertz CT molecular complexity index is 635. The number of nitrogens with zero attached hydrogens (tertiary/aromatic N) is 1. The number of amides is 2. The van der Waals surface area contributed by atoms with Gasteiger partial charge in [0.25, 0.3) is 5.91 Å². The Morgan fingerprint density at radius 1 is 1.25 bits per heavy atom. The van der Waals surface area contributed by atoms with Crippen LogP contribution in [0.15, 0.2) is 5.38 Å². The topological polar surface area (TPSA) is 97.4 Å². The van der Waals surface area contributed by atoms with Crippen molar-refractivity contribution in [1.82, 2.24) is 15.8 Å². The van der Waals surface area contributed by atoms with Crippen LogP contribution in [0.25, 0.3) is 0 Å². The zero-order valence-electron chi connectivity index (χ0n) is 13.5. The van der Waals surface area contributed by atoms with Crippen LogP contribution in [0.1, 0.15) is 47.6 Å². The first-order chi connectivity index (χ1) is 11.6. The summed E-state index contributed by atoms with van der Waals surface area (Å²) in [7, 11) is 1.34. The van der Waals surface area contributed by atoms with E-state index in [0.29, 0.717) is 23.8 Å². The van der Waals surface area contributed by atoms with Gasteiger partial charge >= 0.3 is 5.97 Å². The average molecular weight is 351 g/mol. The number of thiazole rings is 1. The molecule has 0 saturated heterocycles. The van der Waals surface area contributed by atoms with E-state index in [1.807, 2.05) is 5.38 Å². The number of methoxy groups -OCH3 is 1. The second-order valence-electron chi connectivity index (χ2n) is 6.48. The third kappa shape index (κ3) is 3.75. The highest BCUT2D eigenvalue weighted by Gasteiger charge is 2.39. The lowest BCUT2D eigenvalue weighted by molar-refractivity contribution is -0.152. The largest absolute Gasteiger partial charge is 0.469 e. The molecule has 7 nitrogen and oxygen atoms in total. The zero-order valence-corrected chi connectivity index (χ0v) is 14.4. The van der Waals surface area contributed by atoms with Crippen LogP contribution in [0.4, 0.5) is 0 Å². The molecule has 2 N–H and O–H groups in total. The summed E-state index contributed by atoms with van der Waals surface area (Å²) in [6.07, 6.45) is 5.60. The van der Waals surface area contributed by atoms with Gasteiger partial charge in [-0.3, -0.25) is 25.2 Å². The molecule has 0 aliphatic heterocycles. The molecule has 2 aliphatic rings. The lowest BCUT2D eigenvalue weighted by Crippen LogP contribution is -2.48. The van der Waals surface area contributed by atoms with Gasteiger partial charge in [-0.1, -0.05) is 19.3 Å². The molecule has 0 unspecified atom stereocenters. The summed E-state index contributed by atoms with van der Waals surface area (Å²) >= 11 is 1.29. The highest BCUT2D eigenvalue weighted by molar-refractivity contribution is 7.11. The van der Waals surface area contributed by atoms with Gasteiger partial charge in [-0.05, 0) is 25.2 Å². The summed E-state index contributed by atoms with van der Waals surface area (Å²) in [6, 6.07) is 0. The maximum atomic E-state index is 12.0. The van der Waals surface area contributed by atoms with Crippen LogP contribution in [0.3, 0.4) is 0 Å². The fourth-order valence-corrected chi connectivity index (χ4v) is 3.69. The molecule has 1 aromatic rings. The molecule has 2 amide bonds. The van der Waals surface area contributed by atoms with Crippen LogP contribution >= 0.6 is 11.3 Å². The number of hydrogen-bond acceptors (Lipinski definition) is 6. The first-order valence-corrected chi connectivity index (χ1v) is 9.07. The summed E-state index contributed by atoms with van der Waals surface area (Å²) in [5, 5.41) is 2.26. The molecule has 0 atom stereocenters. The fourth-order valence-electron chi connectivity index (χ4n) is 2.96. The molecule has 2 fully saturated rings. The van der Waals surface area contributed by atoms with Crippen molar-refractivity contribution in [2.45, 2.75) is 38.5 Å². The van der Waals surface area contributed by atoms with Gasteiger partial charge in [0, 0.05) is 11.3 Å². The van der Waals surface area contributed by atoms with E-state index in [-0.39, 0.29) is 23.7 Å². The van der Waals surface area contributed by atoms with Crippen LogP contribution in [0, 0.1) is 17.8 Å². The number of nitrogens with one attached hydrogen (secondary N) is 2. The van der Waals surface area contributed by atoms with Gasteiger partial charge < -0.3 is 4.74 Å². The van der Waals surface area contributed by atoms with Crippen molar-refractivity contribution < 1.29 is 19.1 Å². The molecule has 130 valence electrons. The van der Waals surface area contributed by atoms with Crippen molar-refractivity contribution in [2.75, 3.05) is 7.11 Å². The minimum atomic E-state index is -0.406. The fraction of sp³-hybridized carbons (Fsp3) is 0.625. The van der Waals surface area contributed by atoms with E-state index in [4.69, 9.17) is 0 Å². The standard InChI is InChI=1S/C16H21N3O4S/c1-23-16(22)11-6-10(7-11)13(20)18-19-14(21)15-17-12(8-24-15)5-9-3-2-4-9/h8-11H,2-7H2,1H3,(H,18,20)(H,19,21). The van der Waals surface area contributed by atoms with Gasteiger partial charge in [-0.15, -0.1) is 11.3 Å². The maximum absolute atomic E-state index is 12.0. The Morgan fingerprint density at radius 2 is 2.00 bits per heavy atom. The van der Waals surface area contributed by atoms with E-state index in [2.05, 4.69) is 20.6 Å². The highest BCUT2D eigenvalue weighted by Crippen LogP contribution is 2.34. The smallest absolute Gasteiger partial charge is 0.308 e. The molecule has 0 spiro atoms. The predicted octanol–water partition coefficient (Wildman–Crippen LogP) is 1.45. The van der Waals surface area contributed by atoms with Crippen LogP contribution in [-0.2, 0) is 20.7 Å². The number of rotatable bonds is 5. The Kier molecular flexibility index (Phi) is 5.13. The maximum Gasteiger partial charge on any atom is 0.308 e. The molecule has 1 heterocycles. The van der Waals surface area contributed by atoms with E-state index in [1.54, 1.807) is 0 Å². The van der Waals surface area contributed by atoms with Crippen molar-refractivity contribution in [1.29, 1.82) is 0 Å². The van der Waals surface area contributed by atoms with Gasteiger partial charge in [0.15, 0.2) is 5.01 Å². The van der Waals surface area contributed by atoms with Gasteiger partial charge in [-0.2, -0.15) is 0 Å². The molecule has 0 bridgehead atoms. The second kappa shape index (κ2) is 7.29. The molecule has 0 aromatic carbocycles. The number of esters is 1. The Balaban J connectivity index is 1.41. The van der Waals surface area contributed by atoms with Gasteiger partial charge in [0.2, 0.25) is 5.91 Å². The summed E-state index contributed by atoms with van der Waals surface area (Å²) in [5.74, 6) is -0.755. The quantitative estimate of drug-likeness (QED) is 0.618. The molecule has 2 aliphatic carbocycles. The Hall–Kier alpha value is -1.96. The number of hydrazine groups is 1. The van der Waals surface area contributed by atoms with Crippen molar-refractivity contribution in [3.05, 3.63) is 16.1 Å².